The smallest absolute Gasteiger partial charge is 0.0728 e. The average Bonchev–Trinajstić information content (AvgIpc) is 2.60. The van der Waals surface area contributed by atoms with Gasteiger partial charge in [-0.25, -0.2) is 0 Å². The van der Waals surface area contributed by atoms with Crippen molar-refractivity contribution < 1.29 is 4.74 Å². The molecule has 0 aromatic carbocycles. The molecule has 3 atom stereocenters. The Morgan fingerprint density at radius 1 is 1.41 bits per heavy atom. The highest BCUT2D eigenvalue weighted by Gasteiger charge is 2.41. The molecule has 2 saturated heterocycles. The molecule has 0 aliphatic carbocycles. The highest BCUT2D eigenvalue weighted by molar-refractivity contribution is 4.96. The van der Waals surface area contributed by atoms with Crippen LogP contribution >= 0.6 is 0 Å². The van der Waals surface area contributed by atoms with Gasteiger partial charge >= 0.3 is 0 Å². The van der Waals surface area contributed by atoms with Crippen molar-refractivity contribution in [2.24, 2.45) is 0 Å². The molecule has 2 rings (SSSR count). The highest BCUT2D eigenvalue weighted by Crippen LogP contribution is 2.32. The van der Waals surface area contributed by atoms with E-state index in [0.29, 0.717) is 12.1 Å². The summed E-state index contributed by atoms with van der Waals surface area (Å²) < 4.78 is 5.79. The van der Waals surface area contributed by atoms with Crippen molar-refractivity contribution in [3.8, 4) is 0 Å². The van der Waals surface area contributed by atoms with Crippen LogP contribution in [0.15, 0.2) is 0 Å². The number of ether oxygens (including phenoxy) is 1. The van der Waals surface area contributed by atoms with Crippen molar-refractivity contribution in [3.63, 3.8) is 0 Å². The standard InChI is InChI=1S/C14H28N2O/c1-4-13-6-10-16(9-5-8-15-13)14(3)7-11-17-12(14)2/h12-13,15H,4-11H2,1-3H3. The van der Waals surface area contributed by atoms with Crippen molar-refractivity contribution in [2.75, 3.05) is 26.2 Å². The quantitative estimate of drug-likeness (QED) is 0.799. The second-order valence-corrected chi connectivity index (χ2v) is 5.81. The minimum atomic E-state index is 0.273. The van der Waals surface area contributed by atoms with Crippen molar-refractivity contribution in [1.82, 2.24) is 10.2 Å². The fourth-order valence-corrected chi connectivity index (χ4v) is 3.20. The van der Waals surface area contributed by atoms with Gasteiger partial charge in [0.15, 0.2) is 0 Å². The van der Waals surface area contributed by atoms with Crippen LogP contribution in [0, 0.1) is 0 Å². The lowest BCUT2D eigenvalue weighted by atomic mass is 9.91. The topological polar surface area (TPSA) is 24.5 Å². The summed E-state index contributed by atoms with van der Waals surface area (Å²) in [4.78, 5) is 2.69. The first kappa shape index (κ1) is 13.3. The van der Waals surface area contributed by atoms with E-state index in [1.54, 1.807) is 0 Å². The van der Waals surface area contributed by atoms with Gasteiger partial charge in [-0.3, -0.25) is 4.90 Å². The summed E-state index contributed by atoms with van der Waals surface area (Å²) in [7, 11) is 0. The molecule has 17 heavy (non-hydrogen) atoms. The monoisotopic (exact) mass is 240 g/mol. The Kier molecular flexibility index (Phi) is 4.45. The number of rotatable bonds is 2. The maximum atomic E-state index is 5.79. The Balaban J connectivity index is 1.99. The summed E-state index contributed by atoms with van der Waals surface area (Å²) in [5.41, 5.74) is 0.273. The Bertz CT molecular complexity index is 246. The largest absolute Gasteiger partial charge is 0.377 e. The van der Waals surface area contributed by atoms with Crippen LogP contribution in [0.25, 0.3) is 0 Å². The highest BCUT2D eigenvalue weighted by atomic mass is 16.5. The van der Waals surface area contributed by atoms with E-state index < -0.39 is 0 Å². The van der Waals surface area contributed by atoms with E-state index in [-0.39, 0.29) is 5.54 Å². The first-order chi connectivity index (χ1) is 8.16. The third-order valence-corrected chi connectivity index (χ3v) is 4.85. The molecule has 3 nitrogen and oxygen atoms in total. The molecule has 0 aromatic rings. The van der Waals surface area contributed by atoms with Crippen LogP contribution in [-0.4, -0.2) is 48.8 Å². The summed E-state index contributed by atoms with van der Waals surface area (Å²) in [5, 5.41) is 3.65. The lowest BCUT2D eigenvalue weighted by molar-refractivity contribution is 0.0147. The van der Waals surface area contributed by atoms with E-state index in [2.05, 4.69) is 31.0 Å². The van der Waals surface area contributed by atoms with Gasteiger partial charge in [0.25, 0.3) is 0 Å². The molecular weight excluding hydrogens is 212 g/mol. The third-order valence-electron chi connectivity index (χ3n) is 4.85. The zero-order valence-electron chi connectivity index (χ0n) is 11.7. The van der Waals surface area contributed by atoms with Crippen molar-refractivity contribution >= 4 is 0 Å². The minimum Gasteiger partial charge on any atom is -0.377 e. The fraction of sp³-hybridized carbons (Fsp3) is 1.00. The zero-order chi connectivity index (χ0) is 12.3. The first-order valence-corrected chi connectivity index (χ1v) is 7.27. The molecule has 0 amide bonds. The van der Waals surface area contributed by atoms with Crippen LogP contribution in [0.4, 0.5) is 0 Å². The van der Waals surface area contributed by atoms with Crippen molar-refractivity contribution in [3.05, 3.63) is 0 Å². The third kappa shape index (κ3) is 2.83. The second kappa shape index (κ2) is 5.68. The summed E-state index contributed by atoms with van der Waals surface area (Å²) in [6, 6.07) is 0.707. The molecule has 2 aliphatic rings. The SMILES string of the molecule is CCC1CCN(C2(C)CCOC2C)CCCN1. The molecule has 0 spiro atoms. The summed E-state index contributed by atoms with van der Waals surface area (Å²) >= 11 is 0. The van der Waals surface area contributed by atoms with Crippen LogP contribution in [-0.2, 0) is 4.74 Å². The molecule has 0 radical (unpaired) electrons. The molecular formula is C14H28N2O. The van der Waals surface area contributed by atoms with Gasteiger partial charge in [-0.2, -0.15) is 0 Å². The summed E-state index contributed by atoms with van der Waals surface area (Å²) in [5.74, 6) is 0. The van der Waals surface area contributed by atoms with E-state index in [9.17, 15) is 0 Å². The molecule has 2 aliphatic heterocycles. The summed E-state index contributed by atoms with van der Waals surface area (Å²) in [6.07, 6.45) is 5.36. The second-order valence-electron chi connectivity index (χ2n) is 5.81. The van der Waals surface area contributed by atoms with Crippen LogP contribution in [0.5, 0.6) is 0 Å². The molecule has 0 saturated carbocycles. The van der Waals surface area contributed by atoms with Crippen LogP contribution in [0.2, 0.25) is 0 Å². The average molecular weight is 240 g/mol. The van der Waals surface area contributed by atoms with Gasteiger partial charge in [0, 0.05) is 24.7 Å². The van der Waals surface area contributed by atoms with E-state index in [1.807, 2.05) is 0 Å². The molecule has 100 valence electrons. The van der Waals surface area contributed by atoms with Gasteiger partial charge in [-0.05, 0) is 52.6 Å². The Labute approximate surface area is 106 Å². The zero-order valence-corrected chi connectivity index (χ0v) is 11.7. The molecule has 3 unspecified atom stereocenters. The van der Waals surface area contributed by atoms with Crippen LogP contribution in [0.3, 0.4) is 0 Å². The maximum Gasteiger partial charge on any atom is 0.0728 e. The van der Waals surface area contributed by atoms with E-state index in [4.69, 9.17) is 4.74 Å². The summed E-state index contributed by atoms with van der Waals surface area (Å²) in [6.45, 7) is 11.4. The Morgan fingerprint density at radius 3 is 2.88 bits per heavy atom. The van der Waals surface area contributed by atoms with Gasteiger partial charge in [0.1, 0.15) is 0 Å². The fourth-order valence-electron chi connectivity index (χ4n) is 3.20. The number of nitrogens with zero attached hydrogens (tertiary/aromatic N) is 1. The Hall–Kier alpha value is -0.120. The predicted molar refractivity (Wildman–Crippen MR) is 71.3 cm³/mol. The molecule has 2 heterocycles. The van der Waals surface area contributed by atoms with Crippen LogP contribution < -0.4 is 5.32 Å². The van der Waals surface area contributed by atoms with Crippen molar-refractivity contribution in [1.29, 1.82) is 0 Å². The number of nitrogens with one attached hydrogen (secondary N) is 1. The van der Waals surface area contributed by atoms with E-state index in [1.165, 1.54) is 45.3 Å². The van der Waals surface area contributed by atoms with Crippen molar-refractivity contribution in [2.45, 2.75) is 64.1 Å². The lowest BCUT2D eigenvalue weighted by Crippen LogP contribution is -2.54. The molecule has 0 bridgehead atoms. The normalized spacial score (nSPS) is 41.1. The minimum absolute atomic E-state index is 0.273. The molecule has 1 N–H and O–H groups in total. The molecule has 2 fully saturated rings. The lowest BCUT2D eigenvalue weighted by Gasteiger charge is -2.42. The van der Waals surface area contributed by atoms with E-state index >= 15 is 0 Å². The van der Waals surface area contributed by atoms with Gasteiger partial charge < -0.3 is 10.1 Å². The van der Waals surface area contributed by atoms with Gasteiger partial charge in [0.05, 0.1) is 6.10 Å². The van der Waals surface area contributed by atoms with Gasteiger partial charge in [-0.15, -0.1) is 0 Å². The molecule has 3 heteroatoms. The maximum absolute atomic E-state index is 5.79. The Morgan fingerprint density at radius 2 is 2.24 bits per heavy atom. The van der Waals surface area contributed by atoms with Crippen LogP contribution in [0.1, 0.15) is 46.5 Å². The first-order valence-electron chi connectivity index (χ1n) is 7.27. The van der Waals surface area contributed by atoms with Gasteiger partial charge in [0.2, 0.25) is 0 Å². The van der Waals surface area contributed by atoms with E-state index in [0.717, 1.165) is 6.61 Å². The number of hydrogen-bond donors (Lipinski definition) is 1. The van der Waals surface area contributed by atoms with Gasteiger partial charge in [-0.1, -0.05) is 6.92 Å². The molecule has 0 aromatic heterocycles. The number of hydrogen-bond acceptors (Lipinski definition) is 3. The predicted octanol–water partition coefficient (Wildman–Crippen LogP) is 2.02.